The van der Waals surface area contributed by atoms with Crippen LogP contribution in [0.2, 0.25) is 0 Å². The minimum Gasteiger partial charge on any atom is -0.267 e. The van der Waals surface area contributed by atoms with Crippen LogP contribution in [0.5, 0.6) is 0 Å². The molecule has 2 aromatic rings. The van der Waals surface area contributed by atoms with E-state index in [2.05, 4.69) is 16.4 Å². The molecule has 0 aliphatic heterocycles. The lowest BCUT2D eigenvalue weighted by Gasteiger charge is -2.05. The van der Waals surface area contributed by atoms with E-state index in [0.717, 1.165) is 0 Å². The summed E-state index contributed by atoms with van der Waals surface area (Å²) in [5, 5.41) is 16.9. The van der Waals surface area contributed by atoms with Crippen molar-refractivity contribution < 1.29 is 0 Å². The minimum atomic E-state index is -0.256. The lowest BCUT2D eigenvalue weighted by molar-refractivity contribution is 0.485. The number of hydrogen-bond acceptors (Lipinski definition) is 4. The van der Waals surface area contributed by atoms with Crippen molar-refractivity contribution in [2.75, 3.05) is 0 Å². The Bertz CT molecular complexity index is 611. The van der Waals surface area contributed by atoms with Crippen LogP contribution in [0.1, 0.15) is 6.92 Å². The van der Waals surface area contributed by atoms with E-state index >= 15 is 0 Å². The van der Waals surface area contributed by atoms with Gasteiger partial charge in [0.25, 0.3) is 5.56 Å². The molecule has 0 N–H and O–H groups in total. The van der Waals surface area contributed by atoms with Crippen molar-refractivity contribution in [1.82, 2.24) is 15.0 Å². The van der Waals surface area contributed by atoms with Crippen LogP contribution in [-0.4, -0.2) is 15.0 Å². The van der Waals surface area contributed by atoms with Crippen LogP contribution in [-0.2, 0) is 6.54 Å². The normalized spacial score (nSPS) is 12.2. The number of hydrogen-bond donors (Lipinski definition) is 0. The zero-order chi connectivity index (χ0) is 11.5. The molecular formula is C11H10N4O. The van der Waals surface area contributed by atoms with Gasteiger partial charge in [-0.1, -0.05) is 17.3 Å². The highest BCUT2D eigenvalue weighted by Crippen LogP contribution is 2.04. The zero-order valence-corrected chi connectivity index (χ0v) is 8.79. The molecule has 0 fully saturated rings. The van der Waals surface area contributed by atoms with Crippen LogP contribution in [0, 0.1) is 17.2 Å². The summed E-state index contributed by atoms with van der Waals surface area (Å²) in [6.45, 7) is 2.01. The molecule has 5 heteroatoms. The molecule has 2 rings (SSSR count). The quantitative estimate of drug-likeness (QED) is 0.746. The molecule has 80 valence electrons. The van der Waals surface area contributed by atoms with E-state index in [1.807, 2.05) is 0 Å². The molecule has 0 saturated heterocycles. The average molecular weight is 214 g/mol. The summed E-state index contributed by atoms with van der Waals surface area (Å²) >= 11 is 0. The van der Waals surface area contributed by atoms with Gasteiger partial charge in [-0.3, -0.25) is 4.79 Å². The van der Waals surface area contributed by atoms with E-state index in [0.29, 0.717) is 10.9 Å². The van der Waals surface area contributed by atoms with Gasteiger partial charge in [-0.2, -0.15) is 5.26 Å². The molecule has 1 aromatic carbocycles. The lowest BCUT2D eigenvalue weighted by atomic mass is 10.2. The molecule has 1 atom stereocenters. The van der Waals surface area contributed by atoms with Crippen LogP contribution in [0.4, 0.5) is 0 Å². The summed E-state index contributed by atoms with van der Waals surface area (Å²) in [5.41, 5.74) is 0.376. The summed E-state index contributed by atoms with van der Waals surface area (Å²) in [4.78, 5) is 11.9. The molecule has 1 heterocycles. The predicted molar refractivity (Wildman–Crippen MR) is 58.6 cm³/mol. The molecule has 1 aromatic heterocycles. The molecule has 16 heavy (non-hydrogen) atoms. The average Bonchev–Trinajstić information content (AvgIpc) is 2.33. The number of benzene rings is 1. The highest BCUT2D eigenvalue weighted by Gasteiger charge is 2.07. The van der Waals surface area contributed by atoms with Gasteiger partial charge in [-0.25, -0.2) is 4.68 Å². The Balaban J connectivity index is 2.54. The second-order valence-electron chi connectivity index (χ2n) is 3.62. The van der Waals surface area contributed by atoms with Gasteiger partial charge < -0.3 is 0 Å². The van der Waals surface area contributed by atoms with Gasteiger partial charge in [-0.15, -0.1) is 5.10 Å². The second kappa shape index (κ2) is 4.11. The SMILES string of the molecule is CC(C#N)Cn1nnc2ccccc2c1=O. The lowest BCUT2D eigenvalue weighted by Crippen LogP contribution is -2.26. The van der Waals surface area contributed by atoms with E-state index in [-0.39, 0.29) is 18.0 Å². The largest absolute Gasteiger partial charge is 0.277 e. The maximum atomic E-state index is 11.9. The topological polar surface area (TPSA) is 71.6 Å². The third-order valence-electron chi connectivity index (χ3n) is 2.30. The summed E-state index contributed by atoms with van der Waals surface area (Å²) in [6, 6.07) is 9.09. The molecule has 0 saturated carbocycles. The third-order valence-corrected chi connectivity index (χ3v) is 2.30. The monoisotopic (exact) mass is 214 g/mol. The molecule has 0 spiro atoms. The van der Waals surface area contributed by atoms with Gasteiger partial charge in [0.2, 0.25) is 0 Å². The van der Waals surface area contributed by atoms with Crippen LogP contribution >= 0.6 is 0 Å². The molecule has 0 bridgehead atoms. The Labute approximate surface area is 91.9 Å². The first-order chi connectivity index (χ1) is 7.72. The van der Waals surface area contributed by atoms with Gasteiger partial charge in [-0.05, 0) is 19.1 Å². The molecule has 1 unspecified atom stereocenters. The summed E-state index contributed by atoms with van der Waals surface area (Å²) in [7, 11) is 0. The second-order valence-corrected chi connectivity index (χ2v) is 3.62. The fourth-order valence-electron chi connectivity index (χ4n) is 1.44. The fourth-order valence-corrected chi connectivity index (χ4v) is 1.44. The van der Waals surface area contributed by atoms with Crippen molar-refractivity contribution in [1.29, 1.82) is 5.26 Å². The Hall–Kier alpha value is -2.22. The van der Waals surface area contributed by atoms with E-state index < -0.39 is 0 Å². The number of rotatable bonds is 2. The first-order valence-corrected chi connectivity index (χ1v) is 4.94. The summed E-state index contributed by atoms with van der Waals surface area (Å²) < 4.78 is 1.23. The third kappa shape index (κ3) is 1.77. The van der Waals surface area contributed by atoms with E-state index in [4.69, 9.17) is 5.26 Å². The van der Waals surface area contributed by atoms with E-state index in [1.165, 1.54) is 4.68 Å². The van der Waals surface area contributed by atoms with E-state index in [9.17, 15) is 4.79 Å². The molecular weight excluding hydrogens is 204 g/mol. The maximum absolute atomic E-state index is 11.9. The van der Waals surface area contributed by atoms with Gasteiger partial charge in [0.15, 0.2) is 0 Å². The van der Waals surface area contributed by atoms with Gasteiger partial charge in [0.1, 0.15) is 5.52 Å². The Morgan fingerprint density at radius 3 is 3.00 bits per heavy atom. The van der Waals surface area contributed by atoms with Gasteiger partial charge >= 0.3 is 0 Å². The molecule has 5 nitrogen and oxygen atoms in total. The minimum absolute atomic E-state index is 0.201. The van der Waals surface area contributed by atoms with Crippen LogP contribution < -0.4 is 5.56 Å². The number of nitrogens with zero attached hydrogens (tertiary/aromatic N) is 4. The standard InChI is InChI=1S/C11H10N4O/c1-8(6-12)7-15-11(16)9-4-2-3-5-10(9)13-14-15/h2-5,8H,7H2,1H3. The van der Waals surface area contributed by atoms with Crippen LogP contribution in [0.25, 0.3) is 10.9 Å². The van der Waals surface area contributed by atoms with Crippen molar-refractivity contribution in [2.24, 2.45) is 5.92 Å². The number of fused-ring (bicyclic) bond motifs is 1. The molecule has 0 aliphatic carbocycles. The zero-order valence-electron chi connectivity index (χ0n) is 8.79. The van der Waals surface area contributed by atoms with Crippen molar-refractivity contribution >= 4 is 10.9 Å². The number of aromatic nitrogens is 3. The number of nitriles is 1. The molecule has 0 amide bonds. The Morgan fingerprint density at radius 2 is 2.25 bits per heavy atom. The Kier molecular flexibility index (Phi) is 2.64. The van der Waals surface area contributed by atoms with Crippen molar-refractivity contribution in [3.63, 3.8) is 0 Å². The molecule has 0 aliphatic rings. The fraction of sp³-hybridized carbons (Fsp3) is 0.273. The van der Waals surface area contributed by atoms with Gasteiger partial charge in [0, 0.05) is 0 Å². The predicted octanol–water partition coefficient (Wildman–Crippen LogP) is 0.951. The smallest absolute Gasteiger partial charge is 0.267 e. The van der Waals surface area contributed by atoms with Crippen molar-refractivity contribution in [3.05, 3.63) is 34.6 Å². The first kappa shape index (κ1) is 10.3. The van der Waals surface area contributed by atoms with Gasteiger partial charge in [0.05, 0.1) is 23.9 Å². The van der Waals surface area contributed by atoms with Crippen molar-refractivity contribution in [2.45, 2.75) is 13.5 Å². The highest BCUT2D eigenvalue weighted by atomic mass is 16.1. The first-order valence-electron chi connectivity index (χ1n) is 4.94. The van der Waals surface area contributed by atoms with Crippen LogP contribution in [0.3, 0.4) is 0 Å². The molecule has 0 radical (unpaired) electrons. The summed E-state index contributed by atoms with van der Waals surface area (Å²) in [6.07, 6.45) is 0. The maximum Gasteiger partial charge on any atom is 0.277 e. The van der Waals surface area contributed by atoms with E-state index in [1.54, 1.807) is 31.2 Å². The van der Waals surface area contributed by atoms with Crippen LogP contribution in [0.15, 0.2) is 29.1 Å². The Morgan fingerprint density at radius 1 is 1.50 bits per heavy atom. The summed E-state index contributed by atoms with van der Waals surface area (Å²) in [5.74, 6) is -0.256. The highest BCUT2D eigenvalue weighted by molar-refractivity contribution is 5.76. The van der Waals surface area contributed by atoms with Crippen molar-refractivity contribution in [3.8, 4) is 6.07 Å².